The Morgan fingerprint density at radius 3 is 2.33 bits per heavy atom. The second kappa shape index (κ2) is 5.74. The third-order valence-corrected chi connectivity index (χ3v) is 2.11. The van der Waals surface area contributed by atoms with Crippen LogP contribution in [0.1, 0.15) is 20.8 Å². The van der Waals surface area contributed by atoms with Crippen LogP contribution in [-0.4, -0.2) is 24.8 Å². The van der Waals surface area contributed by atoms with E-state index in [0.29, 0.717) is 0 Å². The number of rotatable bonds is 4. The second-order valence-electron chi connectivity index (χ2n) is 2.81. The van der Waals surface area contributed by atoms with Crippen molar-refractivity contribution in [3.05, 3.63) is 0 Å². The molecule has 0 aliphatic carbocycles. The molecule has 0 aliphatic heterocycles. The van der Waals surface area contributed by atoms with Crippen molar-refractivity contribution in [2.45, 2.75) is 32.9 Å². The van der Waals surface area contributed by atoms with Crippen LogP contribution in [0, 0.1) is 0 Å². The van der Waals surface area contributed by atoms with Crippen LogP contribution in [0.5, 0.6) is 0 Å². The SMILES string of the molecule is CC(C)OC(=O)C(C)NP(C)Cl. The monoisotopic (exact) mass is 211 g/mol. The Kier molecular flexibility index (Phi) is 5.81. The van der Waals surface area contributed by atoms with Gasteiger partial charge >= 0.3 is 5.97 Å². The van der Waals surface area contributed by atoms with E-state index >= 15 is 0 Å². The molecule has 0 spiro atoms. The Balaban J connectivity index is 3.77. The lowest BCUT2D eigenvalue weighted by atomic mass is 10.4. The fourth-order valence-electron chi connectivity index (χ4n) is 0.654. The van der Waals surface area contributed by atoms with Crippen LogP contribution in [0.25, 0.3) is 0 Å². The number of hydrogen-bond acceptors (Lipinski definition) is 3. The van der Waals surface area contributed by atoms with Crippen molar-refractivity contribution in [1.29, 1.82) is 0 Å². The molecule has 0 aliphatic rings. The van der Waals surface area contributed by atoms with Gasteiger partial charge in [0.15, 0.2) is 0 Å². The maximum Gasteiger partial charge on any atom is 0.323 e. The van der Waals surface area contributed by atoms with Crippen LogP contribution in [0.3, 0.4) is 0 Å². The molecule has 3 nitrogen and oxygen atoms in total. The van der Waals surface area contributed by atoms with Gasteiger partial charge in [-0.25, -0.2) is 0 Å². The summed E-state index contributed by atoms with van der Waals surface area (Å²) >= 11 is 5.70. The summed E-state index contributed by atoms with van der Waals surface area (Å²) in [6.07, 6.45) is -0.0693. The second-order valence-corrected chi connectivity index (χ2v) is 5.55. The van der Waals surface area contributed by atoms with Gasteiger partial charge in [-0.1, -0.05) is 11.2 Å². The first kappa shape index (κ1) is 12.2. The van der Waals surface area contributed by atoms with Gasteiger partial charge in [0.25, 0.3) is 0 Å². The smallest absolute Gasteiger partial charge is 0.323 e. The quantitative estimate of drug-likeness (QED) is 0.572. The molecule has 0 aromatic rings. The standard InChI is InChI=1S/C7H15ClNO2P/c1-5(2)11-7(10)6(3)9-12(4)8/h5-6,9H,1-4H3. The molecule has 0 aromatic heterocycles. The zero-order valence-corrected chi connectivity index (χ0v) is 9.45. The Labute approximate surface area is 79.4 Å². The number of esters is 1. The van der Waals surface area contributed by atoms with Gasteiger partial charge in [0.05, 0.1) is 13.5 Å². The van der Waals surface area contributed by atoms with Crippen LogP contribution in [0.2, 0.25) is 0 Å². The lowest BCUT2D eigenvalue weighted by Crippen LogP contribution is -2.32. The van der Waals surface area contributed by atoms with Crippen molar-refractivity contribution >= 4 is 24.6 Å². The van der Waals surface area contributed by atoms with Gasteiger partial charge in [0.1, 0.15) is 6.04 Å². The van der Waals surface area contributed by atoms with E-state index in [9.17, 15) is 4.79 Å². The number of ether oxygens (including phenoxy) is 1. The van der Waals surface area contributed by atoms with Crippen molar-refractivity contribution in [3.8, 4) is 0 Å². The van der Waals surface area contributed by atoms with Gasteiger partial charge < -0.3 is 4.74 Å². The van der Waals surface area contributed by atoms with E-state index in [4.69, 9.17) is 16.0 Å². The molecule has 2 unspecified atom stereocenters. The topological polar surface area (TPSA) is 38.3 Å². The van der Waals surface area contributed by atoms with Crippen molar-refractivity contribution in [1.82, 2.24) is 5.09 Å². The fraction of sp³-hybridized carbons (Fsp3) is 0.857. The number of halogens is 1. The number of hydrogen-bond donors (Lipinski definition) is 1. The van der Waals surface area contributed by atoms with E-state index in [1.807, 2.05) is 20.5 Å². The molecule has 1 N–H and O–H groups in total. The Morgan fingerprint density at radius 1 is 1.50 bits per heavy atom. The predicted octanol–water partition coefficient (Wildman–Crippen LogP) is 2.10. The third-order valence-electron chi connectivity index (χ3n) is 1.08. The minimum absolute atomic E-state index is 0.0693. The third kappa shape index (κ3) is 5.76. The molecule has 0 amide bonds. The zero-order chi connectivity index (χ0) is 9.72. The summed E-state index contributed by atoms with van der Waals surface area (Å²) in [5.74, 6) is -0.250. The van der Waals surface area contributed by atoms with Crippen molar-refractivity contribution in [2.24, 2.45) is 0 Å². The summed E-state index contributed by atoms with van der Waals surface area (Å²) in [6, 6.07) is -0.319. The first-order chi connectivity index (χ1) is 5.43. The van der Waals surface area contributed by atoms with Crippen LogP contribution in [0.15, 0.2) is 0 Å². The van der Waals surface area contributed by atoms with Gasteiger partial charge in [-0.05, 0) is 27.4 Å². The van der Waals surface area contributed by atoms with E-state index in [0.717, 1.165) is 0 Å². The molecule has 0 saturated carbocycles. The summed E-state index contributed by atoms with van der Waals surface area (Å²) < 4.78 is 4.96. The van der Waals surface area contributed by atoms with Gasteiger partial charge in [0, 0.05) is 0 Å². The van der Waals surface area contributed by atoms with Gasteiger partial charge in [-0.3, -0.25) is 9.88 Å². The van der Waals surface area contributed by atoms with Gasteiger partial charge in [-0.2, -0.15) is 0 Å². The summed E-state index contributed by atoms with van der Waals surface area (Å²) in [4.78, 5) is 11.2. The van der Waals surface area contributed by atoms with E-state index in [-0.39, 0.29) is 18.1 Å². The highest BCUT2D eigenvalue weighted by molar-refractivity contribution is 7.81. The van der Waals surface area contributed by atoms with Gasteiger partial charge in [0.2, 0.25) is 0 Å². The largest absolute Gasteiger partial charge is 0.462 e. The van der Waals surface area contributed by atoms with Crippen LogP contribution in [-0.2, 0) is 9.53 Å². The van der Waals surface area contributed by atoms with Crippen molar-refractivity contribution in [2.75, 3.05) is 6.66 Å². The van der Waals surface area contributed by atoms with Gasteiger partial charge in [-0.15, -0.1) is 0 Å². The zero-order valence-electron chi connectivity index (χ0n) is 7.80. The van der Waals surface area contributed by atoms with E-state index < -0.39 is 7.43 Å². The highest BCUT2D eigenvalue weighted by atomic mass is 35.7. The molecule has 0 saturated heterocycles. The molecular formula is C7H15ClNO2P. The van der Waals surface area contributed by atoms with Crippen LogP contribution in [0.4, 0.5) is 0 Å². The highest BCUT2D eigenvalue weighted by Crippen LogP contribution is 2.31. The maximum absolute atomic E-state index is 11.2. The average molecular weight is 212 g/mol. The normalized spacial score (nSPS) is 15.8. The fourth-order valence-corrected chi connectivity index (χ4v) is 1.73. The molecule has 0 aromatic carbocycles. The lowest BCUT2D eigenvalue weighted by Gasteiger charge is -2.15. The van der Waals surface area contributed by atoms with E-state index in [1.54, 1.807) is 6.92 Å². The number of carbonyl (C=O) groups is 1. The molecule has 5 heteroatoms. The number of carbonyl (C=O) groups excluding carboxylic acids is 1. The maximum atomic E-state index is 11.2. The first-order valence-electron chi connectivity index (χ1n) is 3.79. The Morgan fingerprint density at radius 2 is 2.00 bits per heavy atom. The average Bonchev–Trinajstić information content (AvgIpc) is 1.84. The molecule has 72 valence electrons. The molecule has 0 radical (unpaired) electrons. The summed E-state index contributed by atoms with van der Waals surface area (Å²) in [5, 5.41) is 2.90. The van der Waals surface area contributed by atoms with E-state index in [2.05, 4.69) is 5.09 Å². The molecule has 2 atom stereocenters. The summed E-state index contributed by atoms with van der Waals surface area (Å²) in [5.41, 5.74) is 0. The molecule has 12 heavy (non-hydrogen) atoms. The molecule has 0 heterocycles. The first-order valence-corrected chi connectivity index (χ1v) is 6.49. The molecule has 0 rings (SSSR count). The number of nitrogens with one attached hydrogen (secondary N) is 1. The van der Waals surface area contributed by atoms with Crippen molar-refractivity contribution in [3.63, 3.8) is 0 Å². The lowest BCUT2D eigenvalue weighted by molar-refractivity contribution is -0.148. The minimum atomic E-state index is -0.776. The minimum Gasteiger partial charge on any atom is -0.462 e. The Bertz CT molecular complexity index is 152. The molecular weight excluding hydrogens is 197 g/mol. The summed E-state index contributed by atoms with van der Waals surface area (Å²) in [6.45, 7) is 7.21. The molecule has 0 bridgehead atoms. The van der Waals surface area contributed by atoms with E-state index in [1.165, 1.54) is 0 Å². The van der Waals surface area contributed by atoms with Crippen LogP contribution >= 0.6 is 18.7 Å². The van der Waals surface area contributed by atoms with Crippen LogP contribution < -0.4 is 5.09 Å². The summed E-state index contributed by atoms with van der Waals surface area (Å²) in [7, 11) is -0.776. The predicted molar refractivity (Wildman–Crippen MR) is 52.5 cm³/mol. The Hall–Kier alpha value is 0.150. The molecule has 0 fully saturated rings. The van der Waals surface area contributed by atoms with Crippen molar-refractivity contribution < 1.29 is 9.53 Å². The highest BCUT2D eigenvalue weighted by Gasteiger charge is 2.16.